The zero-order chi connectivity index (χ0) is 13.2. The van der Waals surface area contributed by atoms with Gasteiger partial charge in [-0.15, -0.1) is 0 Å². The van der Waals surface area contributed by atoms with E-state index >= 15 is 0 Å². The number of methoxy groups -OCH3 is 1. The Kier molecular flexibility index (Phi) is 3.57. The summed E-state index contributed by atoms with van der Waals surface area (Å²) in [5.41, 5.74) is 0.767. The van der Waals surface area contributed by atoms with Crippen LogP contribution in [0.5, 0.6) is 5.75 Å². The summed E-state index contributed by atoms with van der Waals surface area (Å²) in [6.45, 7) is 5.60. The van der Waals surface area contributed by atoms with Gasteiger partial charge in [-0.2, -0.15) is 0 Å². The molecule has 0 spiro atoms. The average molecular weight is 248 g/mol. The molecule has 1 fully saturated rings. The largest absolute Gasteiger partial charge is 0.497 e. The summed E-state index contributed by atoms with van der Waals surface area (Å²) in [6, 6.07) is 7.63. The van der Waals surface area contributed by atoms with Gasteiger partial charge < -0.3 is 15.0 Å². The Bertz CT molecular complexity index is 443. The number of hydrogen-bond acceptors (Lipinski definition) is 3. The topological polar surface area (TPSA) is 41.6 Å². The Labute approximate surface area is 108 Å². The summed E-state index contributed by atoms with van der Waals surface area (Å²) < 4.78 is 5.20. The highest BCUT2D eigenvalue weighted by Crippen LogP contribution is 2.24. The Hall–Kier alpha value is -1.55. The zero-order valence-corrected chi connectivity index (χ0v) is 11.2. The maximum absolute atomic E-state index is 12.3. The van der Waals surface area contributed by atoms with Gasteiger partial charge in [0, 0.05) is 36.8 Å². The first-order valence-electron chi connectivity index (χ1n) is 6.21. The molecule has 1 amide bonds. The predicted octanol–water partition coefficient (Wildman–Crippen LogP) is 1.80. The number of nitrogens with zero attached hydrogens (tertiary/aromatic N) is 1. The number of anilines is 1. The lowest BCUT2D eigenvalue weighted by Gasteiger charge is -2.23. The SMILES string of the molecule is COc1cccc(N2CCNC(C)(C)CC2=O)c1. The number of carbonyl (C=O) groups is 1. The van der Waals surface area contributed by atoms with E-state index in [4.69, 9.17) is 4.74 Å². The molecule has 0 unspecified atom stereocenters. The van der Waals surface area contributed by atoms with E-state index in [1.807, 2.05) is 29.2 Å². The molecule has 1 heterocycles. The number of carbonyl (C=O) groups excluding carboxylic acids is 1. The summed E-state index contributed by atoms with van der Waals surface area (Å²) in [5, 5.41) is 3.39. The first kappa shape index (κ1) is 12.9. The maximum Gasteiger partial charge on any atom is 0.228 e. The van der Waals surface area contributed by atoms with Gasteiger partial charge in [0.1, 0.15) is 5.75 Å². The Morgan fingerprint density at radius 3 is 2.89 bits per heavy atom. The van der Waals surface area contributed by atoms with Crippen molar-refractivity contribution in [3.63, 3.8) is 0 Å². The molecule has 1 saturated heterocycles. The predicted molar refractivity (Wildman–Crippen MR) is 72.0 cm³/mol. The minimum Gasteiger partial charge on any atom is -0.497 e. The third kappa shape index (κ3) is 2.82. The molecule has 0 bridgehead atoms. The lowest BCUT2D eigenvalue weighted by Crippen LogP contribution is -2.39. The van der Waals surface area contributed by atoms with Crippen LogP contribution in [0.25, 0.3) is 0 Å². The van der Waals surface area contributed by atoms with Crippen molar-refractivity contribution in [2.24, 2.45) is 0 Å². The van der Waals surface area contributed by atoms with Gasteiger partial charge in [-0.1, -0.05) is 6.07 Å². The number of nitrogens with one attached hydrogen (secondary N) is 1. The van der Waals surface area contributed by atoms with Crippen LogP contribution in [-0.2, 0) is 4.79 Å². The van der Waals surface area contributed by atoms with Crippen LogP contribution >= 0.6 is 0 Å². The second kappa shape index (κ2) is 4.98. The van der Waals surface area contributed by atoms with Gasteiger partial charge in [-0.05, 0) is 26.0 Å². The third-order valence-electron chi connectivity index (χ3n) is 3.20. The fourth-order valence-electron chi connectivity index (χ4n) is 2.22. The van der Waals surface area contributed by atoms with Crippen molar-refractivity contribution in [1.29, 1.82) is 0 Å². The summed E-state index contributed by atoms with van der Waals surface area (Å²) in [6.07, 6.45) is 0.504. The molecule has 1 aromatic carbocycles. The van der Waals surface area contributed by atoms with Gasteiger partial charge in [0.15, 0.2) is 0 Å². The van der Waals surface area contributed by atoms with Crippen molar-refractivity contribution in [3.8, 4) is 5.75 Å². The normalized spacial score (nSPS) is 19.5. The number of amides is 1. The molecule has 4 heteroatoms. The second-order valence-corrected chi connectivity index (χ2v) is 5.23. The molecule has 0 aromatic heterocycles. The van der Waals surface area contributed by atoms with Crippen LogP contribution in [0, 0.1) is 0 Å². The van der Waals surface area contributed by atoms with Crippen LogP contribution in [0.15, 0.2) is 24.3 Å². The van der Waals surface area contributed by atoms with Crippen molar-refractivity contribution < 1.29 is 9.53 Å². The molecule has 1 N–H and O–H groups in total. The highest BCUT2D eigenvalue weighted by molar-refractivity contribution is 5.94. The fourth-order valence-corrected chi connectivity index (χ4v) is 2.22. The minimum atomic E-state index is -0.134. The zero-order valence-electron chi connectivity index (χ0n) is 11.2. The standard InChI is InChI=1S/C14H20N2O2/c1-14(2)10-13(17)16(8-7-15-14)11-5-4-6-12(9-11)18-3/h4-6,9,15H,7-8,10H2,1-3H3. The van der Waals surface area contributed by atoms with Crippen molar-refractivity contribution in [2.45, 2.75) is 25.8 Å². The van der Waals surface area contributed by atoms with E-state index in [1.54, 1.807) is 7.11 Å². The summed E-state index contributed by atoms with van der Waals surface area (Å²) in [7, 11) is 1.63. The number of benzene rings is 1. The molecule has 98 valence electrons. The van der Waals surface area contributed by atoms with Crippen molar-refractivity contribution >= 4 is 11.6 Å². The molecule has 0 saturated carbocycles. The molecule has 1 aliphatic rings. The highest BCUT2D eigenvalue weighted by Gasteiger charge is 2.29. The van der Waals surface area contributed by atoms with Crippen LogP contribution in [0.1, 0.15) is 20.3 Å². The minimum absolute atomic E-state index is 0.134. The molecular weight excluding hydrogens is 228 g/mol. The number of ether oxygens (including phenoxy) is 1. The Morgan fingerprint density at radius 1 is 1.39 bits per heavy atom. The van der Waals surface area contributed by atoms with E-state index in [1.165, 1.54) is 0 Å². The van der Waals surface area contributed by atoms with Gasteiger partial charge in [0.2, 0.25) is 5.91 Å². The van der Waals surface area contributed by atoms with Gasteiger partial charge in [-0.3, -0.25) is 4.79 Å². The van der Waals surface area contributed by atoms with E-state index in [9.17, 15) is 4.79 Å². The molecule has 4 nitrogen and oxygen atoms in total. The van der Waals surface area contributed by atoms with Crippen LogP contribution in [0.4, 0.5) is 5.69 Å². The molecule has 2 rings (SSSR count). The smallest absolute Gasteiger partial charge is 0.228 e. The van der Waals surface area contributed by atoms with Gasteiger partial charge in [-0.25, -0.2) is 0 Å². The number of hydrogen-bond donors (Lipinski definition) is 1. The van der Waals surface area contributed by atoms with Gasteiger partial charge in [0.25, 0.3) is 0 Å². The molecule has 1 aromatic rings. The quantitative estimate of drug-likeness (QED) is 0.867. The molecule has 0 atom stereocenters. The monoisotopic (exact) mass is 248 g/mol. The highest BCUT2D eigenvalue weighted by atomic mass is 16.5. The summed E-state index contributed by atoms with van der Waals surface area (Å²) >= 11 is 0. The van der Waals surface area contributed by atoms with E-state index in [2.05, 4.69) is 19.2 Å². The Balaban J connectivity index is 2.24. The maximum atomic E-state index is 12.3. The summed E-state index contributed by atoms with van der Waals surface area (Å²) in [4.78, 5) is 14.1. The summed E-state index contributed by atoms with van der Waals surface area (Å²) in [5.74, 6) is 0.926. The second-order valence-electron chi connectivity index (χ2n) is 5.23. The molecule has 0 radical (unpaired) electrons. The molecule has 1 aliphatic heterocycles. The van der Waals surface area contributed by atoms with E-state index in [0.717, 1.165) is 18.0 Å². The van der Waals surface area contributed by atoms with Crippen LogP contribution in [-0.4, -0.2) is 31.6 Å². The number of rotatable bonds is 2. The van der Waals surface area contributed by atoms with Crippen LogP contribution in [0.3, 0.4) is 0 Å². The van der Waals surface area contributed by atoms with Gasteiger partial charge in [0.05, 0.1) is 7.11 Å². The van der Waals surface area contributed by atoms with Crippen LogP contribution in [0.2, 0.25) is 0 Å². The molecule has 0 aliphatic carbocycles. The average Bonchev–Trinajstić information content (AvgIpc) is 2.46. The van der Waals surface area contributed by atoms with Crippen LogP contribution < -0.4 is 15.0 Å². The first-order valence-corrected chi connectivity index (χ1v) is 6.21. The van der Waals surface area contributed by atoms with Gasteiger partial charge >= 0.3 is 0 Å². The van der Waals surface area contributed by atoms with E-state index in [0.29, 0.717) is 13.0 Å². The molecule has 18 heavy (non-hydrogen) atoms. The first-order chi connectivity index (χ1) is 8.52. The van der Waals surface area contributed by atoms with Crippen molar-refractivity contribution in [1.82, 2.24) is 5.32 Å². The van der Waals surface area contributed by atoms with Crippen molar-refractivity contribution in [2.75, 3.05) is 25.1 Å². The van der Waals surface area contributed by atoms with E-state index in [-0.39, 0.29) is 11.4 Å². The lowest BCUT2D eigenvalue weighted by atomic mass is 10.0. The molecular formula is C14H20N2O2. The Morgan fingerprint density at radius 2 is 2.17 bits per heavy atom. The lowest BCUT2D eigenvalue weighted by molar-refractivity contribution is -0.119. The van der Waals surface area contributed by atoms with Crippen molar-refractivity contribution in [3.05, 3.63) is 24.3 Å². The third-order valence-corrected chi connectivity index (χ3v) is 3.20. The fraction of sp³-hybridized carbons (Fsp3) is 0.500. The van der Waals surface area contributed by atoms with E-state index < -0.39 is 0 Å².